The molecular weight excluding hydrogens is 308 g/mol. The third-order valence-electron chi connectivity index (χ3n) is 4.39. The molecule has 0 fully saturated rings. The second kappa shape index (κ2) is 21.0. The monoisotopic (exact) mass is 350 g/mol. The number of carbonyl (C=O) groups is 1. The minimum atomic E-state index is -0.0496. The van der Waals surface area contributed by atoms with E-state index < -0.39 is 0 Å². The van der Waals surface area contributed by atoms with Gasteiger partial charge in [0.15, 0.2) is 0 Å². The van der Waals surface area contributed by atoms with Crippen molar-refractivity contribution in [1.82, 2.24) is 0 Å². The predicted molar refractivity (Wildman–Crippen MR) is 110 cm³/mol. The van der Waals surface area contributed by atoms with E-state index in [9.17, 15) is 4.79 Å². The summed E-state index contributed by atoms with van der Waals surface area (Å²) in [5.41, 5.74) is 0. The number of allylic oxidation sites excluding steroid dienone is 3. The second-order valence-electron chi connectivity index (χ2n) is 6.90. The maximum atomic E-state index is 11.6. The molecule has 0 heterocycles. The van der Waals surface area contributed by atoms with E-state index in [0.717, 1.165) is 32.1 Å². The van der Waals surface area contributed by atoms with Crippen LogP contribution in [0.2, 0.25) is 0 Å². The fourth-order valence-electron chi connectivity index (χ4n) is 2.81. The van der Waals surface area contributed by atoms with Crippen LogP contribution in [0.4, 0.5) is 0 Å². The highest BCUT2D eigenvalue weighted by Gasteiger charge is 2.01. The summed E-state index contributed by atoms with van der Waals surface area (Å²) in [6.45, 7) is 4.83. The van der Waals surface area contributed by atoms with Gasteiger partial charge in [-0.1, -0.05) is 102 Å². The Kier molecular flexibility index (Phi) is 20.1. The second-order valence-corrected chi connectivity index (χ2v) is 6.90. The molecule has 0 aromatic rings. The largest absolute Gasteiger partial charge is 0.461 e. The highest BCUT2D eigenvalue weighted by atomic mass is 16.5. The number of esters is 1. The number of hydrogen-bond acceptors (Lipinski definition) is 2. The van der Waals surface area contributed by atoms with Crippen molar-refractivity contribution >= 4 is 5.97 Å². The number of rotatable bonds is 18. The van der Waals surface area contributed by atoms with E-state index in [2.05, 4.69) is 32.1 Å². The van der Waals surface area contributed by atoms with Crippen LogP contribution in [0.15, 0.2) is 24.3 Å². The summed E-state index contributed by atoms with van der Waals surface area (Å²) >= 11 is 0. The van der Waals surface area contributed by atoms with Gasteiger partial charge in [0.25, 0.3) is 0 Å². The van der Waals surface area contributed by atoms with Gasteiger partial charge in [0, 0.05) is 6.42 Å². The first-order chi connectivity index (χ1) is 12.3. The molecular formula is C23H42O2. The lowest BCUT2D eigenvalue weighted by Crippen LogP contribution is -2.03. The standard InChI is InChI=1S/C23H42O2/c1-3-5-7-9-11-12-13-14-15-17-19-21-23(24)25-22-20-18-16-10-8-6-4-2/h6,8,18,20H,3-5,7,9-17,19,21-22H2,1-2H3/b8-6-,20-18+. The number of ether oxygens (including phenoxy) is 1. The van der Waals surface area contributed by atoms with Crippen molar-refractivity contribution in [2.75, 3.05) is 6.61 Å². The molecule has 0 bridgehead atoms. The average Bonchev–Trinajstić information content (AvgIpc) is 2.62. The van der Waals surface area contributed by atoms with Crippen LogP contribution in [0.25, 0.3) is 0 Å². The van der Waals surface area contributed by atoms with Gasteiger partial charge in [-0.2, -0.15) is 0 Å². The van der Waals surface area contributed by atoms with Crippen LogP contribution in [0.5, 0.6) is 0 Å². The SMILES string of the molecule is CC/C=C\CC/C=C/COC(=O)CCCCCCCCCCCCC. The van der Waals surface area contributed by atoms with Crippen molar-refractivity contribution in [2.45, 2.75) is 110 Å². The van der Waals surface area contributed by atoms with Crippen molar-refractivity contribution < 1.29 is 9.53 Å². The normalized spacial score (nSPS) is 11.6. The zero-order valence-electron chi connectivity index (χ0n) is 16.9. The lowest BCUT2D eigenvalue weighted by atomic mass is 10.1. The van der Waals surface area contributed by atoms with E-state index in [1.807, 2.05) is 6.08 Å². The van der Waals surface area contributed by atoms with Crippen LogP contribution in [0, 0.1) is 0 Å². The molecule has 0 aliphatic rings. The van der Waals surface area contributed by atoms with Crippen molar-refractivity contribution in [1.29, 1.82) is 0 Å². The van der Waals surface area contributed by atoms with Crippen LogP contribution in [0.1, 0.15) is 110 Å². The first kappa shape index (κ1) is 23.9. The number of carbonyl (C=O) groups excluding carboxylic acids is 1. The molecule has 146 valence electrons. The molecule has 0 amide bonds. The summed E-state index contributed by atoms with van der Waals surface area (Å²) in [7, 11) is 0. The summed E-state index contributed by atoms with van der Waals surface area (Å²) in [5.74, 6) is -0.0496. The van der Waals surface area contributed by atoms with Gasteiger partial charge >= 0.3 is 5.97 Å². The zero-order valence-corrected chi connectivity index (χ0v) is 16.9. The maximum Gasteiger partial charge on any atom is 0.306 e. The van der Waals surface area contributed by atoms with E-state index in [4.69, 9.17) is 4.74 Å². The summed E-state index contributed by atoms with van der Waals surface area (Å²) in [6.07, 6.45) is 26.6. The van der Waals surface area contributed by atoms with E-state index in [-0.39, 0.29) is 5.97 Å². The van der Waals surface area contributed by atoms with Gasteiger partial charge in [-0.15, -0.1) is 0 Å². The molecule has 25 heavy (non-hydrogen) atoms. The Balaban J connectivity index is 3.25. The van der Waals surface area contributed by atoms with Crippen LogP contribution in [0.3, 0.4) is 0 Å². The summed E-state index contributed by atoms with van der Waals surface area (Å²) < 4.78 is 5.22. The molecule has 0 saturated heterocycles. The van der Waals surface area contributed by atoms with Crippen molar-refractivity contribution in [3.05, 3.63) is 24.3 Å². The molecule has 0 spiro atoms. The Morgan fingerprint density at radius 1 is 0.680 bits per heavy atom. The number of unbranched alkanes of at least 4 members (excludes halogenated alkanes) is 11. The van der Waals surface area contributed by atoms with Crippen LogP contribution < -0.4 is 0 Å². The quantitative estimate of drug-likeness (QED) is 0.145. The van der Waals surface area contributed by atoms with Gasteiger partial charge in [0.2, 0.25) is 0 Å². The number of hydrogen-bond donors (Lipinski definition) is 0. The topological polar surface area (TPSA) is 26.3 Å². The molecule has 0 aliphatic heterocycles. The van der Waals surface area contributed by atoms with Crippen LogP contribution >= 0.6 is 0 Å². The molecule has 0 rings (SSSR count). The first-order valence-electron chi connectivity index (χ1n) is 10.8. The fourth-order valence-corrected chi connectivity index (χ4v) is 2.81. The highest BCUT2D eigenvalue weighted by Crippen LogP contribution is 2.12. The molecule has 0 aromatic carbocycles. The van der Waals surface area contributed by atoms with E-state index in [1.54, 1.807) is 0 Å². The molecule has 0 saturated carbocycles. The zero-order chi connectivity index (χ0) is 18.4. The van der Waals surface area contributed by atoms with Crippen molar-refractivity contribution in [3.8, 4) is 0 Å². The smallest absolute Gasteiger partial charge is 0.306 e. The first-order valence-corrected chi connectivity index (χ1v) is 10.8. The predicted octanol–water partition coefficient (Wildman–Crippen LogP) is 7.53. The molecule has 0 unspecified atom stereocenters. The van der Waals surface area contributed by atoms with Gasteiger partial charge in [-0.25, -0.2) is 0 Å². The minimum Gasteiger partial charge on any atom is -0.461 e. The Morgan fingerprint density at radius 2 is 1.20 bits per heavy atom. The molecule has 0 N–H and O–H groups in total. The highest BCUT2D eigenvalue weighted by molar-refractivity contribution is 5.69. The minimum absolute atomic E-state index is 0.0496. The van der Waals surface area contributed by atoms with Gasteiger partial charge < -0.3 is 4.74 Å². The fraction of sp³-hybridized carbons (Fsp3) is 0.783. The van der Waals surface area contributed by atoms with Crippen LogP contribution in [-0.4, -0.2) is 12.6 Å². The summed E-state index contributed by atoms with van der Waals surface area (Å²) in [4.78, 5) is 11.6. The van der Waals surface area contributed by atoms with Gasteiger partial charge in [-0.05, 0) is 25.7 Å². The van der Waals surface area contributed by atoms with Crippen molar-refractivity contribution in [2.24, 2.45) is 0 Å². The summed E-state index contributed by atoms with van der Waals surface area (Å²) in [5, 5.41) is 0. The summed E-state index contributed by atoms with van der Waals surface area (Å²) in [6, 6.07) is 0. The third kappa shape index (κ3) is 20.9. The Bertz CT molecular complexity index is 331. The maximum absolute atomic E-state index is 11.6. The lowest BCUT2D eigenvalue weighted by Gasteiger charge is -2.03. The lowest BCUT2D eigenvalue weighted by molar-refractivity contribution is -0.142. The van der Waals surface area contributed by atoms with Crippen molar-refractivity contribution in [3.63, 3.8) is 0 Å². The molecule has 0 aliphatic carbocycles. The molecule has 2 heteroatoms. The Hall–Kier alpha value is -1.05. The van der Waals surface area contributed by atoms with Gasteiger partial charge in [0.05, 0.1) is 0 Å². The van der Waals surface area contributed by atoms with E-state index >= 15 is 0 Å². The van der Waals surface area contributed by atoms with E-state index in [1.165, 1.54) is 57.8 Å². The third-order valence-corrected chi connectivity index (χ3v) is 4.39. The Morgan fingerprint density at radius 3 is 1.76 bits per heavy atom. The van der Waals surface area contributed by atoms with Gasteiger partial charge in [0.1, 0.15) is 6.61 Å². The molecule has 0 atom stereocenters. The molecule has 0 aromatic heterocycles. The molecule has 2 nitrogen and oxygen atoms in total. The van der Waals surface area contributed by atoms with Crippen LogP contribution in [-0.2, 0) is 9.53 Å². The Labute approximate surface area is 157 Å². The van der Waals surface area contributed by atoms with E-state index in [0.29, 0.717) is 13.0 Å². The van der Waals surface area contributed by atoms with Gasteiger partial charge in [-0.3, -0.25) is 4.79 Å². The molecule has 0 radical (unpaired) electrons. The average molecular weight is 351 g/mol.